The summed E-state index contributed by atoms with van der Waals surface area (Å²) in [5.74, 6) is 0.109. The van der Waals surface area contributed by atoms with E-state index in [9.17, 15) is 4.39 Å². The zero-order chi connectivity index (χ0) is 14.4. The van der Waals surface area contributed by atoms with Crippen molar-refractivity contribution >= 4 is 15.9 Å². The van der Waals surface area contributed by atoms with Crippen molar-refractivity contribution in [3.8, 4) is 0 Å². The first-order chi connectivity index (χ1) is 9.69. The molecule has 0 radical (unpaired) electrons. The molecular formula is C17H19BrFN. The summed E-state index contributed by atoms with van der Waals surface area (Å²) in [5.41, 5.74) is 2.30. The van der Waals surface area contributed by atoms with E-state index in [-0.39, 0.29) is 11.7 Å². The summed E-state index contributed by atoms with van der Waals surface area (Å²) >= 11 is 3.50. The van der Waals surface area contributed by atoms with E-state index in [2.05, 4.69) is 40.3 Å². The minimum Gasteiger partial charge on any atom is -0.316 e. The molecule has 0 saturated carbocycles. The molecule has 20 heavy (non-hydrogen) atoms. The van der Waals surface area contributed by atoms with Gasteiger partial charge in [0.05, 0.1) is 0 Å². The topological polar surface area (TPSA) is 12.0 Å². The van der Waals surface area contributed by atoms with E-state index in [0.29, 0.717) is 0 Å². The Kier molecular flexibility index (Phi) is 5.74. The first kappa shape index (κ1) is 15.2. The number of benzene rings is 2. The molecule has 0 saturated heterocycles. The largest absolute Gasteiger partial charge is 0.316 e. The van der Waals surface area contributed by atoms with Crippen molar-refractivity contribution in [2.45, 2.75) is 19.3 Å². The maximum Gasteiger partial charge on any atom is 0.123 e. The molecule has 1 nitrogen and oxygen atoms in total. The second-order valence-corrected chi connectivity index (χ2v) is 5.81. The fourth-order valence-corrected chi connectivity index (χ4v) is 2.78. The molecule has 1 N–H and O–H groups in total. The van der Waals surface area contributed by atoms with Crippen LogP contribution in [0.5, 0.6) is 0 Å². The third-order valence-electron chi connectivity index (χ3n) is 3.33. The summed E-state index contributed by atoms with van der Waals surface area (Å²) in [6, 6.07) is 15.2. The zero-order valence-electron chi connectivity index (χ0n) is 11.6. The van der Waals surface area contributed by atoms with Crippen molar-refractivity contribution in [3.63, 3.8) is 0 Å². The highest BCUT2D eigenvalue weighted by Crippen LogP contribution is 2.23. The van der Waals surface area contributed by atoms with Gasteiger partial charge in [-0.2, -0.15) is 0 Å². The van der Waals surface area contributed by atoms with E-state index >= 15 is 0 Å². The molecule has 0 aliphatic carbocycles. The van der Waals surface area contributed by atoms with Gasteiger partial charge in [-0.3, -0.25) is 0 Å². The highest BCUT2D eigenvalue weighted by Gasteiger charge is 2.13. The lowest BCUT2D eigenvalue weighted by atomic mass is 9.92. The van der Waals surface area contributed by atoms with Gasteiger partial charge in [0.25, 0.3) is 0 Å². The Morgan fingerprint density at radius 1 is 1.15 bits per heavy atom. The van der Waals surface area contributed by atoms with Crippen molar-refractivity contribution in [3.05, 3.63) is 69.9 Å². The van der Waals surface area contributed by atoms with Gasteiger partial charge in [0.1, 0.15) is 5.82 Å². The lowest BCUT2D eigenvalue weighted by Crippen LogP contribution is -2.22. The molecule has 0 aliphatic heterocycles. The Bertz CT molecular complexity index is 556. The molecule has 106 valence electrons. The van der Waals surface area contributed by atoms with Crippen molar-refractivity contribution < 1.29 is 4.39 Å². The fourth-order valence-electron chi connectivity index (χ4n) is 2.34. The molecule has 0 aromatic heterocycles. The van der Waals surface area contributed by atoms with Crippen molar-refractivity contribution in [2.24, 2.45) is 0 Å². The van der Waals surface area contributed by atoms with Crippen molar-refractivity contribution in [1.29, 1.82) is 0 Å². The zero-order valence-corrected chi connectivity index (χ0v) is 13.2. The third-order valence-corrected chi connectivity index (χ3v) is 3.83. The normalized spacial score (nSPS) is 12.3. The van der Waals surface area contributed by atoms with Crippen molar-refractivity contribution in [2.75, 3.05) is 13.1 Å². The molecule has 2 aromatic rings. The van der Waals surface area contributed by atoms with Crippen LogP contribution < -0.4 is 5.32 Å². The molecule has 2 aromatic carbocycles. The van der Waals surface area contributed by atoms with Gasteiger partial charge in [0, 0.05) is 16.9 Å². The first-order valence-corrected chi connectivity index (χ1v) is 7.69. The smallest absolute Gasteiger partial charge is 0.123 e. The van der Waals surface area contributed by atoms with E-state index < -0.39 is 0 Å². The fraction of sp³-hybridized carbons (Fsp3) is 0.294. The monoisotopic (exact) mass is 335 g/mol. The van der Waals surface area contributed by atoms with Crippen LogP contribution in [0.4, 0.5) is 4.39 Å². The summed E-state index contributed by atoms with van der Waals surface area (Å²) < 4.78 is 14.5. The average Bonchev–Trinajstić information content (AvgIpc) is 2.43. The van der Waals surface area contributed by atoms with Crippen LogP contribution in [0.15, 0.2) is 53.0 Å². The van der Waals surface area contributed by atoms with Crippen LogP contribution in [0.2, 0.25) is 0 Å². The molecule has 0 bridgehead atoms. The SMILES string of the molecule is CCNCC(Cc1cccc(Br)c1)c1cccc(F)c1. The van der Waals surface area contributed by atoms with Crippen molar-refractivity contribution in [1.82, 2.24) is 5.32 Å². The van der Waals surface area contributed by atoms with Crippen LogP contribution in [0.25, 0.3) is 0 Å². The molecule has 0 spiro atoms. The number of halogens is 2. The lowest BCUT2D eigenvalue weighted by Gasteiger charge is -2.18. The van der Waals surface area contributed by atoms with Gasteiger partial charge in [-0.25, -0.2) is 4.39 Å². The van der Waals surface area contributed by atoms with E-state index in [1.807, 2.05) is 18.2 Å². The summed E-state index contributed by atoms with van der Waals surface area (Å²) in [6.07, 6.45) is 0.899. The molecule has 0 aliphatic rings. The maximum absolute atomic E-state index is 13.4. The molecule has 0 heterocycles. The number of hydrogen-bond acceptors (Lipinski definition) is 1. The Morgan fingerprint density at radius 3 is 2.65 bits per heavy atom. The summed E-state index contributed by atoms with van der Waals surface area (Å²) in [6.45, 7) is 3.86. The predicted octanol–water partition coefficient (Wildman–Crippen LogP) is 4.52. The van der Waals surface area contributed by atoms with E-state index in [1.165, 1.54) is 11.6 Å². The summed E-state index contributed by atoms with van der Waals surface area (Å²) in [7, 11) is 0. The number of nitrogens with one attached hydrogen (secondary N) is 1. The second kappa shape index (κ2) is 7.55. The van der Waals surface area contributed by atoms with E-state index in [1.54, 1.807) is 12.1 Å². The molecule has 1 unspecified atom stereocenters. The van der Waals surface area contributed by atoms with Gasteiger partial charge in [-0.05, 0) is 48.4 Å². The quantitative estimate of drug-likeness (QED) is 0.818. The molecule has 0 fully saturated rings. The molecule has 1 atom stereocenters. The number of hydrogen-bond donors (Lipinski definition) is 1. The minimum atomic E-state index is -0.168. The number of likely N-dealkylation sites (N-methyl/N-ethyl adjacent to an activating group) is 1. The van der Waals surface area contributed by atoms with Crippen LogP contribution in [0.1, 0.15) is 24.0 Å². The van der Waals surface area contributed by atoms with Gasteiger partial charge >= 0.3 is 0 Å². The van der Waals surface area contributed by atoms with Gasteiger partial charge in [0.2, 0.25) is 0 Å². The van der Waals surface area contributed by atoms with Crippen LogP contribution in [-0.2, 0) is 6.42 Å². The van der Waals surface area contributed by atoms with Gasteiger partial charge in [0.15, 0.2) is 0 Å². The van der Waals surface area contributed by atoms with E-state index in [4.69, 9.17) is 0 Å². The van der Waals surface area contributed by atoms with Gasteiger partial charge in [-0.15, -0.1) is 0 Å². The lowest BCUT2D eigenvalue weighted by molar-refractivity contribution is 0.583. The van der Waals surface area contributed by atoms with Gasteiger partial charge in [-0.1, -0.05) is 47.1 Å². The van der Waals surface area contributed by atoms with Crippen LogP contribution >= 0.6 is 15.9 Å². The van der Waals surface area contributed by atoms with Crippen LogP contribution in [0, 0.1) is 5.82 Å². The number of rotatable bonds is 6. The predicted molar refractivity (Wildman–Crippen MR) is 85.5 cm³/mol. The van der Waals surface area contributed by atoms with E-state index in [0.717, 1.165) is 29.5 Å². The summed E-state index contributed by atoms with van der Waals surface area (Å²) in [5, 5.41) is 3.37. The second-order valence-electron chi connectivity index (χ2n) is 4.89. The molecule has 3 heteroatoms. The standard InChI is InChI=1S/C17H19BrFN/c1-2-20-12-15(14-6-4-8-17(19)11-14)9-13-5-3-7-16(18)10-13/h3-8,10-11,15,20H,2,9,12H2,1H3. The Morgan fingerprint density at radius 2 is 1.95 bits per heavy atom. The Balaban J connectivity index is 2.19. The molecular weight excluding hydrogens is 317 g/mol. The third kappa shape index (κ3) is 4.43. The highest BCUT2D eigenvalue weighted by molar-refractivity contribution is 9.10. The maximum atomic E-state index is 13.4. The Labute approximate surface area is 128 Å². The first-order valence-electron chi connectivity index (χ1n) is 6.89. The Hall–Kier alpha value is -1.19. The average molecular weight is 336 g/mol. The molecule has 0 amide bonds. The minimum absolute atomic E-state index is 0.168. The molecule has 2 rings (SSSR count). The van der Waals surface area contributed by atoms with Crippen LogP contribution in [-0.4, -0.2) is 13.1 Å². The summed E-state index contributed by atoms with van der Waals surface area (Å²) in [4.78, 5) is 0. The highest BCUT2D eigenvalue weighted by atomic mass is 79.9. The van der Waals surface area contributed by atoms with Gasteiger partial charge < -0.3 is 5.32 Å². The van der Waals surface area contributed by atoms with Crippen LogP contribution in [0.3, 0.4) is 0 Å².